The van der Waals surface area contributed by atoms with E-state index in [1.807, 2.05) is 25.7 Å². The molecule has 0 aliphatic carbocycles. The van der Waals surface area contributed by atoms with Crippen molar-refractivity contribution >= 4 is 41.2 Å². The fourth-order valence-electron chi connectivity index (χ4n) is 4.75. The number of guanidine groups is 1. The lowest BCUT2D eigenvalue weighted by Gasteiger charge is -2.44. The van der Waals surface area contributed by atoms with E-state index >= 15 is 0 Å². The third-order valence-electron chi connectivity index (χ3n) is 5.96. The molecule has 3 aliphatic rings. The lowest BCUT2D eigenvalue weighted by atomic mass is 9.83. The summed E-state index contributed by atoms with van der Waals surface area (Å²) in [5.41, 5.74) is 4.86. The van der Waals surface area contributed by atoms with Gasteiger partial charge in [0.1, 0.15) is 5.60 Å². The molecule has 12 heteroatoms. The van der Waals surface area contributed by atoms with Crippen LogP contribution in [0.4, 0.5) is 16.4 Å². The summed E-state index contributed by atoms with van der Waals surface area (Å²) in [6, 6.07) is 0.165. The van der Waals surface area contributed by atoms with Gasteiger partial charge in [-0.3, -0.25) is 15.1 Å². The van der Waals surface area contributed by atoms with Crippen molar-refractivity contribution in [2.24, 2.45) is 4.99 Å². The molecular formula is C20H29ClN8O3. The Morgan fingerprint density at radius 3 is 2.50 bits per heavy atom. The number of ether oxygens (including phenoxy) is 1. The number of nitrogens with two attached hydrogens (primary N) is 1. The first-order valence-corrected chi connectivity index (χ1v) is 11.0. The zero-order valence-corrected chi connectivity index (χ0v) is 19.4. The molecule has 3 aliphatic heterocycles. The lowest BCUT2D eigenvalue weighted by molar-refractivity contribution is -0.000881. The molecule has 2 atom stereocenters. The second-order valence-corrected chi connectivity index (χ2v) is 9.91. The van der Waals surface area contributed by atoms with Gasteiger partial charge in [-0.15, -0.1) is 0 Å². The molecule has 174 valence electrons. The molecule has 1 aromatic rings. The Morgan fingerprint density at radius 2 is 1.91 bits per heavy atom. The van der Waals surface area contributed by atoms with E-state index in [9.17, 15) is 9.59 Å². The minimum absolute atomic E-state index is 0.0250. The van der Waals surface area contributed by atoms with Crippen LogP contribution in [-0.2, 0) is 4.74 Å². The number of nitrogens with zero attached hydrogens (tertiary/aromatic N) is 4. The molecule has 2 unspecified atom stereocenters. The highest BCUT2D eigenvalue weighted by Gasteiger charge is 2.52. The quantitative estimate of drug-likeness (QED) is 0.517. The highest BCUT2D eigenvalue weighted by molar-refractivity contribution is 6.31. The Kier molecular flexibility index (Phi) is 5.56. The van der Waals surface area contributed by atoms with Crippen molar-refractivity contribution in [2.45, 2.75) is 69.7 Å². The van der Waals surface area contributed by atoms with Crippen LogP contribution in [-0.4, -0.2) is 69.6 Å². The number of carbonyl (C=O) groups excluding carboxylic acids is 2. The van der Waals surface area contributed by atoms with E-state index in [0.29, 0.717) is 12.5 Å². The van der Waals surface area contributed by atoms with Gasteiger partial charge in [-0.05, 0) is 46.5 Å². The maximum Gasteiger partial charge on any atom is 0.410 e. The van der Waals surface area contributed by atoms with Crippen LogP contribution in [0.15, 0.2) is 4.99 Å². The fourth-order valence-corrected chi connectivity index (χ4v) is 4.88. The number of nitrogen functional groups attached to an aromatic ring is 1. The van der Waals surface area contributed by atoms with Gasteiger partial charge in [-0.1, -0.05) is 11.6 Å². The fraction of sp³-hybridized carbons (Fsp3) is 0.650. The molecule has 0 saturated carbocycles. The van der Waals surface area contributed by atoms with Crippen molar-refractivity contribution in [1.29, 1.82) is 0 Å². The lowest BCUT2D eigenvalue weighted by Crippen LogP contribution is -2.61. The number of fused-ring (bicyclic) bond motifs is 2. The molecule has 32 heavy (non-hydrogen) atoms. The van der Waals surface area contributed by atoms with E-state index in [4.69, 9.17) is 22.1 Å². The highest BCUT2D eigenvalue weighted by atomic mass is 35.5. The third-order valence-corrected chi connectivity index (χ3v) is 6.24. The zero-order valence-electron chi connectivity index (χ0n) is 18.7. The summed E-state index contributed by atoms with van der Waals surface area (Å²) >= 11 is 5.94. The largest absolute Gasteiger partial charge is 0.444 e. The van der Waals surface area contributed by atoms with Gasteiger partial charge in [0.05, 0.1) is 12.1 Å². The summed E-state index contributed by atoms with van der Waals surface area (Å²) in [5.74, 6) is 0.134. The molecule has 5 N–H and O–H groups in total. The predicted molar refractivity (Wildman–Crippen MR) is 121 cm³/mol. The van der Waals surface area contributed by atoms with E-state index in [1.54, 1.807) is 7.05 Å². The molecule has 1 aromatic heterocycles. The molecule has 4 heterocycles. The SMILES string of the molecule is CNc1nc(N)c(Cl)nc1C(=O)NC1=NCC2(CC3CCC(C2)N3C(=O)OC(C)(C)C)N1. The number of aromatic nitrogens is 2. The standard InChI is InChI=1S/C20H29ClN8O3/c1-19(2,3)32-18(31)29-10-5-6-11(29)8-20(7-10)9-24-17(28-20)27-16(30)12-15(23-4)26-14(22)13(21)25-12/h10-11H,5-9H2,1-4H3,(H3,22,23,26)(H2,24,27,28,30). The van der Waals surface area contributed by atoms with Crippen molar-refractivity contribution < 1.29 is 14.3 Å². The molecule has 2 bridgehead atoms. The van der Waals surface area contributed by atoms with E-state index in [0.717, 1.165) is 25.7 Å². The Labute approximate surface area is 191 Å². The van der Waals surface area contributed by atoms with Crippen molar-refractivity contribution in [3.8, 4) is 0 Å². The van der Waals surface area contributed by atoms with Crippen molar-refractivity contribution in [1.82, 2.24) is 25.5 Å². The van der Waals surface area contributed by atoms with Crippen LogP contribution in [0.3, 0.4) is 0 Å². The van der Waals surface area contributed by atoms with Crippen molar-refractivity contribution in [3.63, 3.8) is 0 Å². The summed E-state index contributed by atoms with van der Waals surface area (Å²) < 4.78 is 5.61. The first-order chi connectivity index (χ1) is 15.0. The van der Waals surface area contributed by atoms with Gasteiger partial charge >= 0.3 is 6.09 Å². The zero-order chi connectivity index (χ0) is 23.3. The summed E-state index contributed by atoms with van der Waals surface area (Å²) in [6.07, 6.45) is 3.08. The van der Waals surface area contributed by atoms with Gasteiger partial charge in [-0.25, -0.2) is 14.8 Å². The highest BCUT2D eigenvalue weighted by Crippen LogP contribution is 2.42. The Bertz CT molecular complexity index is 962. The number of rotatable bonds is 2. The molecule has 2 fully saturated rings. The molecule has 11 nitrogen and oxygen atoms in total. The number of amides is 2. The number of anilines is 2. The first kappa shape index (κ1) is 22.4. The molecule has 0 aromatic carbocycles. The number of piperidine rings is 1. The van der Waals surface area contributed by atoms with Crippen molar-refractivity contribution in [2.75, 3.05) is 24.6 Å². The Balaban J connectivity index is 1.42. The minimum atomic E-state index is -0.530. The van der Waals surface area contributed by atoms with Gasteiger partial charge in [-0.2, -0.15) is 0 Å². The van der Waals surface area contributed by atoms with Crippen molar-refractivity contribution in [3.05, 3.63) is 10.8 Å². The second-order valence-electron chi connectivity index (χ2n) is 9.55. The molecular weight excluding hydrogens is 436 g/mol. The number of hydrogen-bond donors (Lipinski definition) is 4. The van der Waals surface area contributed by atoms with E-state index in [-0.39, 0.29) is 46.2 Å². The van der Waals surface area contributed by atoms with Crippen LogP contribution < -0.4 is 21.7 Å². The van der Waals surface area contributed by atoms with Crippen LogP contribution in [0.5, 0.6) is 0 Å². The van der Waals surface area contributed by atoms with Crippen LogP contribution >= 0.6 is 11.6 Å². The Hall–Kier alpha value is -2.82. The molecule has 0 radical (unpaired) electrons. The second kappa shape index (κ2) is 7.95. The average molecular weight is 465 g/mol. The van der Waals surface area contributed by atoms with Gasteiger partial charge < -0.3 is 26.0 Å². The topological polar surface area (TPSA) is 147 Å². The summed E-state index contributed by atoms with van der Waals surface area (Å²) in [6.45, 7) is 6.14. The van der Waals surface area contributed by atoms with Gasteiger partial charge in [0.2, 0.25) is 0 Å². The monoisotopic (exact) mass is 464 g/mol. The smallest absolute Gasteiger partial charge is 0.410 e. The van der Waals surface area contributed by atoms with E-state index in [1.165, 1.54) is 0 Å². The normalized spacial score (nSPS) is 26.5. The van der Waals surface area contributed by atoms with Gasteiger partial charge in [0.25, 0.3) is 5.91 Å². The maximum atomic E-state index is 12.8. The number of carbonyl (C=O) groups is 2. The molecule has 4 rings (SSSR count). The van der Waals surface area contributed by atoms with Crippen LogP contribution in [0, 0.1) is 0 Å². The number of aliphatic imine (C=N–C) groups is 1. The number of halogens is 1. The van der Waals surface area contributed by atoms with E-state index in [2.05, 4.69) is 30.9 Å². The molecule has 2 amide bonds. The van der Waals surface area contributed by atoms with E-state index < -0.39 is 11.5 Å². The molecule has 2 saturated heterocycles. The van der Waals surface area contributed by atoms with Crippen LogP contribution in [0.25, 0.3) is 0 Å². The van der Waals surface area contributed by atoms with Crippen LogP contribution in [0.1, 0.15) is 56.9 Å². The number of hydrogen-bond acceptors (Lipinski definition) is 9. The minimum Gasteiger partial charge on any atom is -0.444 e. The summed E-state index contributed by atoms with van der Waals surface area (Å²) in [5, 5.41) is 8.90. The maximum absolute atomic E-state index is 12.8. The number of nitrogens with one attached hydrogen (secondary N) is 3. The molecule has 1 spiro atoms. The van der Waals surface area contributed by atoms with Gasteiger partial charge in [0.15, 0.2) is 28.4 Å². The summed E-state index contributed by atoms with van der Waals surface area (Å²) in [4.78, 5) is 40.0. The Morgan fingerprint density at radius 1 is 1.25 bits per heavy atom. The predicted octanol–water partition coefficient (Wildman–Crippen LogP) is 1.74. The van der Waals surface area contributed by atoms with Crippen LogP contribution in [0.2, 0.25) is 5.15 Å². The average Bonchev–Trinajstić information content (AvgIpc) is 3.20. The van der Waals surface area contributed by atoms with Gasteiger partial charge in [0, 0.05) is 19.1 Å². The summed E-state index contributed by atoms with van der Waals surface area (Å²) in [7, 11) is 1.61. The third kappa shape index (κ3) is 4.25. The first-order valence-electron chi connectivity index (χ1n) is 10.7.